The fourth-order valence-corrected chi connectivity index (χ4v) is 3.59. The van der Waals surface area contributed by atoms with E-state index in [4.69, 9.17) is 11.6 Å². The summed E-state index contributed by atoms with van der Waals surface area (Å²) in [6.45, 7) is 2.04. The zero-order chi connectivity index (χ0) is 18.8. The number of benzene rings is 3. The molecule has 2 nitrogen and oxygen atoms in total. The molecule has 3 aromatic carbocycles. The van der Waals surface area contributed by atoms with Crippen molar-refractivity contribution in [3.8, 4) is 11.3 Å². The van der Waals surface area contributed by atoms with Crippen LogP contribution in [0.1, 0.15) is 5.69 Å². The van der Waals surface area contributed by atoms with Crippen LogP contribution in [0.2, 0.25) is 5.02 Å². The van der Waals surface area contributed by atoms with Gasteiger partial charge in [0, 0.05) is 39.9 Å². The Morgan fingerprint density at radius 1 is 0.778 bits per heavy atom. The number of aryl methyl sites for hydroxylation is 2. The molecule has 0 aliphatic carbocycles. The highest BCUT2D eigenvalue weighted by atomic mass is 35.5. The summed E-state index contributed by atoms with van der Waals surface area (Å²) in [5.41, 5.74) is 6.08. The Kier molecular flexibility index (Phi) is 4.74. The normalized spacial score (nSPS) is 10.8. The first-order chi connectivity index (χ1) is 13.1. The predicted octanol–water partition coefficient (Wildman–Crippen LogP) is 6.98. The summed E-state index contributed by atoms with van der Waals surface area (Å²) in [7, 11) is 2.12. The third-order valence-electron chi connectivity index (χ3n) is 4.74. The number of nitrogens with one attached hydrogen (secondary N) is 1. The number of hydrogen-bond donors (Lipinski definition) is 1. The maximum absolute atomic E-state index is 5.81. The Labute approximate surface area is 164 Å². The summed E-state index contributed by atoms with van der Waals surface area (Å²) in [6.07, 6.45) is 0. The van der Waals surface area contributed by atoms with E-state index >= 15 is 0 Å². The van der Waals surface area contributed by atoms with Gasteiger partial charge in [-0.2, -0.15) is 0 Å². The van der Waals surface area contributed by atoms with Gasteiger partial charge in [-0.1, -0.05) is 66.2 Å². The highest BCUT2D eigenvalue weighted by molar-refractivity contribution is 6.31. The second-order valence-corrected chi connectivity index (χ2v) is 7.13. The van der Waals surface area contributed by atoms with Gasteiger partial charge in [0.15, 0.2) is 0 Å². The van der Waals surface area contributed by atoms with Crippen LogP contribution in [0, 0.1) is 6.92 Å². The molecule has 0 bridgehead atoms. The lowest BCUT2D eigenvalue weighted by molar-refractivity contribution is 0.978. The maximum Gasteiger partial charge on any atom is 0.0488 e. The Hall–Kier alpha value is -2.97. The minimum absolute atomic E-state index is 0.777. The first-order valence-electron chi connectivity index (χ1n) is 8.96. The van der Waals surface area contributed by atoms with Crippen molar-refractivity contribution in [1.29, 1.82) is 0 Å². The number of para-hydroxylation sites is 1. The second kappa shape index (κ2) is 7.34. The molecule has 0 amide bonds. The Balaban J connectivity index is 0.000000143. The first-order valence-corrected chi connectivity index (χ1v) is 9.34. The molecule has 5 rings (SSSR count). The van der Waals surface area contributed by atoms with Crippen LogP contribution in [-0.4, -0.2) is 9.55 Å². The van der Waals surface area contributed by atoms with Crippen LogP contribution < -0.4 is 0 Å². The molecule has 0 saturated carbocycles. The molecule has 0 aliphatic heterocycles. The van der Waals surface area contributed by atoms with E-state index in [1.807, 2.05) is 31.2 Å². The standard InChI is InChI=1S/C15H13N.C9H8ClN/c1-16-14-10-6-5-9-13(14)11-15(16)12-7-3-2-4-8-12;1-6-4-7-2-3-8(10)5-9(7)11-6/h2-11H,1H3;2-5,11H,1H3. The number of fused-ring (bicyclic) bond motifs is 2. The van der Waals surface area contributed by atoms with Crippen LogP contribution in [0.5, 0.6) is 0 Å². The monoisotopic (exact) mass is 372 g/mol. The van der Waals surface area contributed by atoms with Gasteiger partial charge in [0.2, 0.25) is 0 Å². The molecule has 134 valence electrons. The number of H-pyrrole nitrogens is 1. The molecule has 1 N–H and O–H groups in total. The highest BCUT2D eigenvalue weighted by Gasteiger charge is 2.06. The summed E-state index contributed by atoms with van der Waals surface area (Å²) in [5, 5.41) is 3.29. The lowest BCUT2D eigenvalue weighted by Crippen LogP contribution is -1.90. The summed E-state index contributed by atoms with van der Waals surface area (Å²) < 4.78 is 2.24. The summed E-state index contributed by atoms with van der Waals surface area (Å²) in [5.74, 6) is 0. The fourth-order valence-electron chi connectivity index (χ4n) is 3.42. The van der Waals surface area contributed by atoms with Crippen LogP contribution in [0.3, 0.4) is 0 Å². The summed E-state index contributed by atoms with van der Waals surface area (Å²) in [4.78, 5) is 3.21. The third kappa shape index (κ3) is 3.62. The number of halogens is 1. The molecule has 0 spiro atoms. The zero-order valence-electron chi connectivity index (χ0n) is 15.4. The van der Waals surface area contributed by atoms with E-state index in [2.05, 4.69) is 77.3 Å². The SMILES string of the molecule is Cc1cc2ccc(Cl)cc2[nH]1.Cn1c(-c2ccccc2)cc2ccccc21. The van der Waals surface area contributed by atoms with E-state index in [0.29, 0.717) is 0 Å². The number of hydrogen-bond acceptors (Lipinski definition) is 0. The van der Waals surface area contributed by atoms with E-state index < -0.39 is 0 Å². The van der Waals surface area contributed by atoms with Gasteiger partial charge in [-0.3, -0.25) is 0 Å². The van der Waals surface area contributed by atoms with Crippen LogP contribution in [0.4, 0.5) is 0 Å². The topological polar surface area (TPSA) is 20.7 Å². The average Bonchev–Trinajstić information content (AvgIpc) is 3.22. The molecule has 0 aliphatic rings. The molecule has 2 heterocycles. The van der Waals surface area contributed by atoms with Crippen LogP contribution in [0.15, 0.2) is 84.9 Å². The van der Waals surface area contributed by atoms with Crippen LogP contribution in [0.25, 0.3) is 33.1 Å². The Morgan fingerprint density at radius 2 is 1.52 bits per heavy atom. The average molecular weight is 373 g/mol. The fraction of sp³-hybridized carbons (Fsp3) is 0.0833. The van der Waals surface area contributed by atoms with Gasteiger partial charge in [-0.25, -0.2) is 0 Å². The van der Waals surface area contributed by atoms with E-state index in [1.54, 1.807) is 0 Å². The number of rotatable bonds is 1. The molecule has 0 radical (unpaired) electrons. The summed E-state index contributed by atoms with van der Waals surface area (Å²) >= 11 is 5.81. The van der Waals surface area contributed by atoms with Gasteiger partial charge in [0.1, 0.15) is 0 Å². The molecule has 27 heavy (non-hydrogen) atoms. The quantitative estimate of drug-likeness (QED) is 0.328. The van der Waals surface area contributed by atoms with Crippen LogP contribution >= 0.6 is 11.6 Å². The van der Waals surface area contributed by atoms with Crippen molar-refractivity contribution >= 4 is 33.4 Å². The van der Waals surface area contributed by atoms with Crippen molar-refractivity contribution in [3.63, 3.8) is 0 Å². The maximum atomic E-state index is 5.81. The Bertz CT molecular complexity index is 1200. The molecular weight excluding hydrogens is 352 g/mol. The molecule has 5 aromatic rings. The smallest absolute Gasteiger partial charge is 0.0488 e. The van der Waals surface area contributed by atoms with E-state index in [0.717, 1.165) is 10.5 Å². The van der Waals surface area contributed by atoms with Crippen molar-refractivity contribution in [2.24, 2.45) is 7.05 Å². The van der Waals surface area contributed by atoms with Gasteiger partial charge in [-0.05, 0) is 48.2 Å². The van der Waals surface area contributed by atoms with E-state index in [9.17, 15) is 0 Å². The van der Waals surface area contributed by atoms with Crippen molar-refractivity contribution in [2.45, 2.75) is 6.92 Å². The lowest BCUT2D eigenvalue weighted by atomic mass is 10.1. The largest absolute Gasteiger partial charge is 0.359 e. The molecule has 0 atom stereocenters. The number of aromatic nitrogens is 2. The number of nitrogens with zero attached hydrogens (tertiary/aromatic N) is 1. The van der Waals surface area contributed by atoms with Gasteiger partial charge in [0.25, 0.3) is 0 Å². The summed E-state index contributed by atoms with van der Waals surface area (Å²) in [6, 6.07) is 29.2. The first kappa shape index (κ1) is 17.4. The van der Waals surface area contributed by atoms with Crippen molar-refractivity contribution < 1.29 is 0 Å². The minimum Gasteiger partial charge on any atom is -0.359 e. The Morgan fingerprint density at radius 3 is 2.30 bits per heavy atom. The molecule has 3 heteroatoms. The molecule has 0 fully saturated rings. The van der Waals surface area contributed by atoms with Gasteiger partial charge >= 0.3 is 0 Å². The second-order valence-electron chi connectivity index (χ2n) is 6.70. The number of aromatic amines is 1. The van der Waals surface area contributed by atoms with Gasteiger partial charge < -0.3 is 9.55 Å². The lowest BCUT2D eigenvalue weighted by Gasteiger charge is -2.03. The van der Waals surface area contributed by atoms with Crippen molar-refractivity contribution in [2.75, 3.05) is 0 Å². The highest BCUT2D eigenvalue weighted by Crippen LogP contribution is 2.26. The molecule has 2 aromatic heterocycles. The minimum atomic E-state index is 0.777. The molecule has 0 unspecified atom stereocenters. The molecular formula is C24H21ClN2. The van der Waals surface area contributed by atoms with Gasteiger partial charge in [0.05, 0.1) is 0 Å². The van der Waals surface area contributed by atoms with Crippen molar-refractivity contribution in [3.05, 3.63) is 95.6 Å². The van der Waals surface area contributed by atoms with Gasteiger partial charge in [-0.15, -0.1) is 0 Å². The van der Waals surface area contributed by atoms with E-state index in [1.165, 1.54) is 33.2 Å². The van der Waals surface area contributed by atoms with Crippen LogP contribution in [-0.2, 0) is 7.05 Å². The zero-order valence-corrected chi connectivity index (χ0v) is 16.2. The van der Waals surface area contributed by atoms with E-state index in [-0.39, 0.29) is 0 Å². The van der Waals surface area contributed by atoms with Crippen molar-refractivity contribution in [1.82, 2.24) is 9.55 Å². The third-order valence-corrected chi connectivity index (χ3v) is 4.98. The molecule has 0 saturated heterocycles. The predicted molar refractivity (Wildman–Crippen MR) is 116 cm³/mol.